The maximum atomic E-state index is 5.51. The summed E-state index contributed by atoms with van der Waals surface area (Å²) in [6, 6.07) is 10.8. The van der Waals surface area contributed by atoms with Crippen LogP contribution in [0, 0.1) is 0 Å². The molecule has 1 heterocycles. The number of nitrogens with zero attached hydrogens (tertiary/aromatic N) is 2. The highest BCUT2D eigenvalue weighted by Gasteiger charge is 2.08. The van der Waals surface area contributed by atoms with E-state index in [0.717, 1.165) is 13.1 Å². The molecule has 0 aliphatic rings. The first-order valence-corrected chi connectivity index (χ1v) is 7.10. The number of ether oxygens (including phenoxy) is 1. The molecular weight excluding hydrogens is 268 g/mol. The monoisotopic (exact) mass is 290 g/mol. The Labute approximate surface area is 124 Å². The van der Waals surface area contributed by atoms with E-state index in [1.54, 1.807) is 7.11 Å². The van der Waals surface area contributed by atoms with E-state index in [9.17, 15) is 0 Å². The minimum absolute atomic E-state index is 0.376. The van der Waals surface area contributed by atoms with Gasteiger partial charge < -0.3 is 19.8 Å². The Hall–Kier alpha value is -1.92. The quantitative estimate of drug-likeness (QED) is 0.688. The smallest absolute Gasteiger partial charge is 0.315 e. The SMILES string of the molecule is COCCNCc1nnc(NCC(C)c2ccccc2)o1. The highest BCUT2D eigenvalue weighted by molar-refractivity contribution is 5.23. The maximum absolute atomic E-state index is 5.51. The molecule has 1 unspecified atom stereocenters. The zero-order valence-corrected chi connectivity index (χ0v) is 12.5. The number of methoxy groups -OCH3 is 1. The van der Waals surface area contributed by atoms with Gasteiger partial charge in [0.05, 0.1) is 13.2 Å². The minimum Gasteiger partial charge on any atom is -0.407 e. The van der Waals surface area contributed by atoms with Crippen LogP contribution in [-0.2, 0) is 11.3 Å². The van der Waals surface area contributed by atoms with Crippen molar-refractivity contribution in [2.24, 2.45) is 0 Å². The molecule has 0 aliphatic carbocycles. The van der Waals surface area contributed by atoms with Gasteiger partial charge in [0.1, 0.15) is 0 Å². The Bertz CT molecular complexity index is 515. The molecule has 0 saturated carbocycles. The van der Waals surface area contributed by atoms with Gasteiger partial charge in [-0.1, -0.05) is 42.4 Å². The summed E-state index contributed by atoms with van der Waals surface area (Å²) in [7, 11) is 1.67. The highest BCUT2D eigenvalue weighted by atomic mass is 16.5. The average Bonchev–Trinajstić information content (AvgIpc) is 2.98. The van der Waals surface area contributed by atoms with Crippen LogP contribution in [0.2, 0.25) is 0 Å². The number of hydrogen-bond donors (Lipinski definition) is 2. The van der Waals surface area contributed by atoms with Crippen LogP contribution in [0.1, 0.15) is 24.3 Å². The van der Waals surface area contributed by atoms with Crippen LogP contribution in [0.15, 0.2) is 34.7 Å². The molecule has 1 atom stereocenters. The average molecular weight is 290 g/mol. The van der Waals surface area contributed by atoms with E-state index in [0.29, 0.717) is 31.0 Å². The van der Waals surface area contributed by atoms with Crippen LogP contribution in [0.5, 0.6) is 0 Å². The van der Waals surface area contributed by atoms with Crippen molar-refractivity contribution in [2.45, 2.75) is 19.4 Å². The zero-order chi connectivity index (χ0) is 14.9. The van der Waals surface area contributed by atoms with Crippen LogP contribution in [-0.4, -0.2) is 37.0 Å². The minimum atomic E-state index is 0.376. The van der Waals surface area contributed by atoms with Gasteiger partial charge in [-0.25, -0.2) is 0 Å². The van der Waals surface area contributed by atoms with E-state index in [4.69, 9.17) is 9.15 Å². The predicted molar refractivity (Wildman–Crippen MR) is 81.2 cm³/mol. The lowest BCUT2D eigenvalue weighted by molar-refractivity contribution is 0.198. The fourth-order valence-electron chi connectivity index (χ4n) is 1.91. The summed E-state index contributed by atoms with van der Waals surface area (Å²) in [4.78, 5) is 0. The lowest BCUT2D eigenvalue weighted by atomic mass is 10.0. The molecular formula is C15H22N4O2. The van der Waals surface area contributed by atoms with E-state index in [1.165, 1.54) is 5.56 Å². The number of benzene rings is 1. The zero-order valence-electron chi connectivity index (χ0n) is 12.5. The molecule has 0 bridgehead atoms. The Kier molecular flexibility index (Phi) is 6.18. The third-order valence-electron chi connectivity index (χ3n) is 3.15. The van der Waals surface area contributed by atoms with Crippen LogP contribution >= 0.6 is 0 Å². The molecule has 2 rings (SSSR count). The number of rotatable bonds is 9. The molecule has 0 amide bonds. The lowest BCUT2D eigenvalue weighted by Crippen LogP contribution is -2.18. The van der Waals surface area contributed by atoms with Crippen molar-refractivity contribution in [2.75, 3.05) is 32.1 Å². The molecule has 0 spiro atoms. The molecule has 0 radical (unpaired) electrons. The molecule has 6 nitrogen and oxygen atoms in total. The Morgan fingerprint density at radius 3 is 2.81 bits per heavy atom. The van der Waals surface area contributed by atoms with E-state index >= 15 is 0 Å². The van der Waals surface area contributed by atoms with Crippen LogP contribution in [0.3, 0.4) is 0 Å². The fourth-order valence-corrected chi connectivity index (χ4v) is 1.91. The molecule has 21 heavy (non-hydrogen) atoms. The number of hydrogen-bond acceptors (Lipinski definition) is 6. The first-order valence-electron chi connectivity index (χ1n) is 7.10. The van der Waals surface area contributed by atoms with Gasteiger partial charge in [-0.05, 0) is 11.5 Å². The van der Waals surface area contributed by atoms with Crippen LogP contribution in [0.25, 0.3) is 0 Å². The standard InChI is InChI=1S/C15H22N4O2/c1-12(13-6-4-3-5-7-13)10-17-15-19-18-14(21-15)11-16-8-9-20-2/h3-7,12,16H,8-11H2,1-2H3,(H,17,19). The van der Waals surface area contributed by atoms with Gasteiger partial charge in [0, 0.05) is 20.2 Å². The third-order valence-corrected chi connectivity index (χ3v) is 3.15. The summed E-state index contributed by atoms with van der Waals surface area (Å²) >= 11 is 0. The molecule has 0 fully saturated rings. The topological polar surface area (TPSA) is 72.2 Å². The summed E-state index contributed by atoms with van der Waals surface area (Å²) < 4.78 is 10.5. The van der Waals surface area contributed by atoms with Crippen molar-refractivity contribution in [1.82, 2.24) is 15.5 Å². The van der Waals surface area contributed by atoms with E-state index in [2.05, 4.69) is 39.9 Å². The van der Waals surface area contributed by atoms with Crippen molar-refractivity contribution in [1.29, 1.82) is 0 Å². The fraction of sp³-hybridized carbons (Fsp3) is 0.467. The van der Waals surface area contributed by atoms with Gasteiger partial charge in [-0.2, -0.15) is 0 Å². The van der Waals surface area contributed by atoms with Crippen molar-refractivity contribution in [3.8, 4) is 0 Å². The second-order valence-corrected chi connectivity index (χ2v) is 4.86. The molecule has 1 aromatic carbocycles. The summed E-state index contributed by atoms with van der Waals surface area (Å²) in [5, 5.41) is 14.3. The van der Waals surface area contributed by atoms with Crippen LogP contribution in [0.4, 0.5) is 6.01 Å². The van der Waals surface area contributed by atoms with Gasteiger partial charge in [0.2, 0.25) is 5.89 Å². The number of nitrogens with one attached hydrogen (secondary N) is 2. The Morgan fingerprint density at radius 1 is 1.24 bits per heavy atom. The Morgan fingerprint density at radius 2 is 2.05 bits per heavy atom. The van der Waals surface area contributed by atoms with Gasteiger partial charge in [-0.15, -0.1) is 5.10 Å². The summed E-state index contributed by atoms with van der Waals surface area (Å²) in [6.45, 7) is 4.88. The van der Waals surface area contributed by atoms with Crippen molar-refractivity contribution >= 4 is 6.01 Å². The molecule has 1 aromatic heterocycles. The Balaban J connectivity index is 1.75. The van der Waals surface area contributed by atoms with E-state index in [1.807, 2.05) is 18.2 Å². The third kappa shape index (κ3) is 5.17. The van der Waals surface area contributed by atoms with E-state index in [-0.39, 0.29) is 0 Å². The lowest BCUT2D eigenvalue weighted by Gasteiger charge is -2.11. The van der Waals surface area contributed by atoms with Crippen molar-refractivity contribution in [3.05, 3.63) is 41.8 Å². The summed E-state index contributed by atoms with van der Waals surface area (Å²) in [5.41, 5.74) is 1.28. The molecule has 6 heteroatoms. The molecule has 114 valence electrons. The van der Waals surface area contributed by atoms with Gasteiger partial charge in [-0.3, -0.25) is 0 Å². The van der Waals surface area contributed by atoms with Crippen molar-refractivity contribution < 1.29 is 9.15 Å². The number of anilines is 1. The molecule has 2 N–H and O–H groups in total. The van der Waals surface area contributed by atoms with Gasteiger partial charge >= 0.3 is 6.01 Å². The van der Waals surface area contributed by atoms with Gasteiger partial charge in [0.25, 0.3) is 0 Å². The largest absolute Gasteiger partial charge is 0.407 e. The molecule has 2 aromatic rings. The maximum Gasteiger partial charge on any atom is 0.315 e. The van der Waals surface area contributed by atoms with Gasteiger partial charge in [0.15, 0.2) is 0 Å². The van der Waals surface area contributed by atoms with Crippen LogP contribution < -0.4 is 10.6 Å². The molecule has 0 aliphatic heterocycles. The van der Waals surface area contributed by atoms with E-state index < -0.39 is 0 Å². The number of aromatic nitrogens is 2. The summed E-state index contributed by atoms with van der Waals surface area (Å²) in [5.74, 6) is 0.947. The normalized spacial score (nSPS) is 12.3. The summed E-state index contributed by atoms with van der Waals surface area (Å²) in [6.07, 6.45) is 0. The predicted octanol–water partition coefficient (Wildman–Crippen LogP) is 2.02. The van der Waals surface area contributed by atoms with Crippen molar-refractivity contribution in [3.63, 3.8) is 0 Å². The first-order chi connectivity index (χ1) is 10.3. The first kappa shape index (κ1) is 15.5. The highest BCUT2D eigenvalue weighted by Crippen LogP contribution is 2.15. The second-order valence-electron chi connectivity index (χ2n) is 4.86. The second kappa shape index (κ2) is 8.39. The molecule has 0 saturated heterocycles.